The number of fused-ring (bicyclic) bond motifs is 7. The van der Waals surface area contributed by atoms with E-state index in [1.165, 1.54) is 14.2 Å². The van der Waals surface area contributed by atoms with Crippen LogP contribution in [0.3, 0.4) is 0 Å². The Morgan fingerprint density at radius 1 is 0.759 bits per heavy atom. The fourth-order valence-corrected chi connectivity index (χ4v) is 7.68. The van der Waals surface area contributed by atoms with Crippen molar-refractivity contribution in [3.63, 3.8) is 0 Å². The Morgan fingerprint density at radius 2 is 1.39 bits per heavy atom. The number of benzene rings is 4. The Balaban J connectivity index is 0.918. The number of hydrogen-bond acceptors (Lipinski definition) is 10. The summed E-state index contributed by atoms with van der Waals surface area (Å²) in [6.07, 6.45) is 6.72. The zero-order valence-electron chi connectivity index (χ0n) is 29.9. The van der Waals surface area contributed by atoms with Gasteiger partial charge in [-0.1, -0.05) is 18.2 Å². The molecule has 9 rings (SSSR count). The van der Waals surface area contributed by atoms with Gasteiger partial charge in [0.05, 0.1) is 67.4 Å². The molecule has 1 aromatic heterocycles. The number of phenols is 1. The molecule has 4 aromatic carbocycles. The number of methoxy groups -OCH3 is 2. The van der Waals surface area contributed by atoms with Gasteiger partial charge in [-0.05, 0) is 53.1 Å². The standard InChI is InChI=1S/C41H36N6O7/c1-45-22-44-33-19-46-26(12-35(33)45)17-42-31-15-38(36(51-2)13-29(31)40(46)49)53-20-23-8-24(10-28(48)9-23)21-54-39-16-32-30(14-37(39)52-3)41(50)47-27(18-43-32)11-25-6-4-5-7-34(25)47/h4-10,13-18,22,26-27,48H,11-12,19-21H2,1-3H3/t26?,27-/m0/s1. The maximum atomic E-state index is 13.8. The van der Waals surface area contributed by atoms with Crippen LogP contribution in [0.25, 0.3) is 0 Å². The SMILES string of the molecule is COc1cc2c(cc1OCc1cc(O)cc(COc3cc4c(cc3OC)C(=O)N3c5ccccc5C[C@H]3C=N4)c1)N=CC1Cc3c(ncn3C)CN1C2=O. The van der Waals surface area contributed by atoms with E-state index in [2.05, 4.69) is 4.98 Å². The molecule has 1 unspecified atom stereocenters. The predicted molar refractivity (Wildman–Crippen MR) is 200 cm³/mol. The van der Waals surface area contributed by atoms with Crippen molar-refractivity contribution in [1.82, 2.24) is 14.5 Å². The number of carbonyl (C=O) groups is 2. The Morgan fingerprint density at radius 3 is 2.06 bits per heavy atom. The van der Waals surface area contributed by atoms with Gasteiger partial charge in [0.2, 0.25) is 0 Å². The topological polar surface area (TPSA) is 140 Å². The van der Waals surface area contributed by atoms with E-state index in [0.29, 0.717) is 76.0 Å². The number of aromatic nitrogens is 2. The number of para-hydroxylation sites is 1. The molecule has 13 nitrogen and oxygen atoms in total. The molecular weight excluding hydrogens is 688 g/mol. The van der Waals surface area contributed by atoms with E-state index in [4.69, 9.17) is 28.9 Å². The predicted octanol–water partition coefficient (Wildman–Crippen LogP) is 5.87. The fourth-order valence-electron chi connectivity index (χ4n) is 7.68. The van der Waals surface area contributed by atoms with Crippen molar-refractivity contribution in [3.8, 4) is 28.7 Å². The zero-order valence-corrected chi connectivity index (χ0v) is 29.9. The van der Waals surface area contributed by atoms with Gasteiger partial charge in [-0.15, -0.1) is 0 Å². The lowest BCUT2D eigenvalue weighted by Crippen LogP contribution is -2.44. The van der Waals surface area contributed by atoms with Crippen molar-refractivity contribution in [3.05, 3.63) is 112 Å². The lowest BCUT2D eigenvalue weighted by atomic mass is 10.0. The summed E-state index contributed by atoms with van der Waals surface area (Å²) >= 11 is 0. The molecule has 0 saturated carbocycles. The lowest BCUT2D eigenvalue weighted by molar-refractivity contribution is 0.0698. The third kappa shape index (κ3) is 5.68. The Labute approximate surface area is 310 Å². The van der Waals surface area contributed by atoms with Gasteiger partial charge in [0.1, 0.15) is 19.0 Å². The van der Waals surface area contributed by atoms with Crippen LogP contribution in [0.1, 0.15) is 48.8 Å². The quantitative estimate of drug-likeness (QED) is 0.210. The maximum Gasteiger partial charge on any atom is 0.261 e. The van der Waals surface area contributed by atoms with E-state index in [1.807, 2.05) is 54.4 Å². The number of carbonyl (C=O) groups excluding carboxylic acids is 2. The van der Waals surface area contributed by atoms with Crippen LogP contribution in [0, 0.1) is 0 Å². The summed E-state index contributed by atoms with van der Waals surface area (Å²) in [4.78, 5) is 45.0. The molecule has 0 fully saturated rings. The van der Waals surface area contributed by atoms with Crippen LogP contribution in [0.15, 0.2) is 83.0 Å². The highest BCUT2D eigenvalue weighted by Gasteiger charge is 2.37. The molecule has 2 amide bonds. The van der Waals surface area contributed by atoms with Crippen molar-refractivity contribution in [1.29, 1.82) is 0 Å². The molecule has 13 heteroatoms. The summed E-state index contributed by atoms with van der Waals surface area (Å²) in [6.45, 7) is 0.576. The summed E-state index contributed by atoms with van der Waals surface area (Å²) in [5.41, 5.74) is 7.15. The molecule has 54 heavy (non-hydrogen) atoms. The van der Waals surface area contributed by atoms with Crippen LogP contribution < -0.4 is 23.8 Å². The van der Waals surface area contributed by atoms with E-state index < -0.39 is 0 Å². The van der Waals surface area contributed by atoms with Gasteiger partial charge in [0, 0.05) is 55.8 Å². The normalized spacial score (nSPS) is 17.8. The molecule has 272 valence electrons. The highest BCUT2D eigenvalue weighted by Crippen LogP contribution is 2.42. The second-order valence-electron chi connectivity index (χ2n) is 13.7. The van der Waals surface area contributed by atoms with Crippen LogP contribution >= 0.6 is 0 Å². The number of hydrogen-bond donors (Lipinski definition) is 1. The molecule has 4 aliphatic heterocycles. The highest BCUT2D eigenvalue weighted by molar-refractivity contribution is 6.14. The molecule has 1 N–H and O–H groups in total. The smallest absolute Gasteiger partial charge is 0.261 e. The number of rotatable bonds is 8. The average Bonchev–Trinajstić information content (AvgIpc) is 3.67. The van der Waals surface area contributed by atoms with Gasteiger partial charge >= 0.3 is 0 Å². The second-order valence-corrected chi connectivity index (χ2v) is 13.7. The number of ether oxygens (including phenoxy) is 4. The molecular formula is C41H36N6O7. The largest absolute Gasteiger partial charge is 0.508 e. The van der Waals surface area contributed by atoms with E-state index in [-0.39, 0.29) is 42.9 Å². The van der Waals surface area contributed by atoms with Gasteiger partial charge in [-0.3, -0.25) is 24.5 Å². The Bertz CT molecular complexity index is 2420. The molecule has 4 aliphatic rings. The average molecular weight is 725 g/mol. The minimum absolute atomic E-state index is 0.0379. The number of aryl methyl sites for hydroxylation is 1. The van der Waals surface area contributed by atoms with Crippen LogP contribution in [0.2, 0.25) is 0 Å². The lowest BCUT2D eigenvalue weighted by Gasteiger charge is -2.32. The van der Waals surface area contributed by atoms with Crippen molar-refractivity contribution < 1.29 is 33.6 Å². The summed E-state index contributed by atoms with van der Waals surface area (Å²) in [5, 5.41) is 10.7. The van der Waals surface area contributed by atoms with E-state index in [0.717, 1.165) is 22.6 Å². The van der Waals surface area contributed by atoms with Gasteiger partial charge in [-0.25, -0.2) is 4.98 Å². The minimum Gasteiger partial charge on any atom is -0.508 e. The molecule has 2 atom stereocenters. The minimum atomic E-state index is -0.201. The Hall–Kier alpha value is -6.63. The van der Waals surface area contributed by atoms with E-state index in [1.54, 1.807) is 52.5 Å². The molecule has 0 bridgehead atoms. The number of amides is 2. The zero-order chi connectivity index (χ0) is 37.1. The van der Waals surface area contributed by atoms with Gasteiger partial charge in [0.25, 0.3) is 11.8 Å². The molecule has 5 heterocycles. The Kier molecular flexibility index (Phi) is 8.06. The van der Waals surface area contributed by atoms with Crippen LogP contribution in [0.4, 0.5) is 17.1 Å². The molecule has 0 radical (unpaired) electrons. The van der Waals surface area contributed by atoms with Crippen molar-refractivity contribution in [2.75, 3.05) is 19.1 Å². The highest BCUT2D eigenvalue weighted by atomic mass is 16.5. The molecule has 0 saturated heterocycles. The van der Waals surface area contributed by atoms with Gasteiger partial charge in [-0.2, -0.15) is 0 Å². The number of aliphatic imine (C=N–C) groups is 2. The van der Waals surface area contributed by atoms with Crippen LogP contribution in [0.5, 0.6) is 28.7 Å². The van der Waals surface area contributed by atoms with Crippen molar-refractivity contribution >= 4 is 41.3 Å². The summed E-state index contributed by atoms with van der Waals surface area (Å²) in [7, 11) is 5.00. The van der Waals surface area contributed by atoms with Crippen LogP contribution in [-0.2, 0) is 39.6 Å². The maximum absolute atomic E-state index is 13.8. The number of phenolic OH excluding ortho intramolecular Hbond substituents is 1. The first-order valence-corrected chi connectivity index (χ1v) is 17.6. The van der Waals surface area contributed by atoms with E-state index in [9.17, 15) is 14.7 Å². The monoisotopic (exact) mass is 724 g/mol. The second kappa shape index (κ2) is 13.1. The van der Waals surface area contributed by atoms with E-state index >= 15 is 0 Å². The van der Waals surface area contributed by atoms with Crippen molar-refractivity contribution in [2.24, 2.45) is 17.0 Å². The fraction of sp³-hybridized carbons (Fsp3) is 0.244. The first kappa shape index (κ1) is 33.2. The third-order valence-corrected chi connectivity index (χ3v) is 10.4. The summed E-state index contributed by atoms with van der Waals surface area (Å²) < 4.78 is 25.7. The third-order valence-electron chi connectivity index (χ3n) is 10.4. The first-order chi connectivity index (χ1) is 26.3. The number of aromatic hydroxyl groups is 1. The number of anilines is 1. The summed E-state index contributed by atoms with van der Waals surface area (Å²) in [5.74, 6) is 1.32. The molecule has 0 aliphatic carbocycles. The van der Waals surface area contributed by atoms with Gasteiger partial charge in [0.15, 0.2) is 23.0 Å². The van der Waals surface area contributed by atoms with Gasteiger partial charge < -0.3 is 33.5 Å². The van der Waals surface area contributed by atoms with Crippen LogP contribution in [-0.4, -0.2) is 70.1 Å². The number of nitrogens with zero attached hydrogens (tertiary/aromatic N) is 6. The number of imidazole rings is 1. The summed E-state index contributed by atoms with van der Waals surface area (Å²) in [6, 6.07) is 19.4. The van der Waals surface area contributed by atoms with Crippen molar-refractivity contribution in [2.45, 2.75) is 44.7 Å². The first-order valence-electron chi connectivity index (χ1n) is 17.6. The molecule has 0 spiro atoms. The molecule has 5 aromatic rings.